The summed E-state index contributed by atoms with van der Waals surface area (Å²) in [5, 5.41) is 78.1. The first-order valence-corrected chi connectivity index (χ1v) is 26.5. The third-order valence-corrected chi connectivity index (χ3v) is 13.5. The van der Waals surface area contributed by atoms with Gasteiger partial charge in [0.25, 0.3) is 11.8 Å². The molecule has 1 aromatic heterocycles. The molecule has 31 nitrogen and oxygen atoms in total. The minimum atomic E-state index is -1.58. The van der Waals surface area contributed by atoms with E-state index >= 15 is 0 Å². The lowest BCUT2D eigenvalue weighted by Crippen LogP contribution is -2.52. The van der Waals surface area contributed by atoms with Crippen molar-refractivity contribution in [1.29, 1.82) is 0 Å². The zero-order valence-corrected chi connectivity index (χ0v) is 45.3. The molecule has 2 fully saturated rings. The second kappa shape index (κ2) is 30.0. The van der Waals surface area contributed by atoms with Gasteiger partial charge in [-0.25, -0.2) is 43.0 Å². The Bertz CT molecular complexity index is 2950. The van der Waals surface area contributed by atoms with Gasteiger partial charge in [-0.1, -0.05) is 29.5 Å². The van der Waals surface area contributed by atoms with Gasteiger partial charge in [-0.3, -0.25) is 23.6 Å². The van der Waals surface area contributed by atoms with Gasteiger partial charge in [0, 0.05) is 101 Å². The van der Waals surface area contributed by atoms with E-state index in [9.17, 15) is 82.4 Å². The molecule has 0 radical (unpaired) electrons. The molecule has 0 bridgehead atoms. The average molecular weight is 1190 g/mol. The average Bonchev–Trinajstić information content (AvgIpc) is 4.12. The number of carbonyl (C=O) groups excluding carboxylic acids is 6. The summed E-state index contributed by atoms with van der Waals surface area (Å²) in [6.07, 6.45) is -0.410. The fourth-order valence-corrected chi connectivity index (χ4v) is 8.86. The van der Waals surface area contributed by atoms with Gasteiger partial charge < -0.3 is 82.1 Å². The molecule has 0 spiro atoms. The third-order valence-electron chi connectivity index (χ3n) is 13.5. The summed E-state index contributed by atoms with van der Waals surface area (Å²) in [6.45, 7) is 0.192. The van der Waals surface area contributed by atoms with E-state index in [0.29, 0.717) is 33.9 Å². The maximum absolute atomic E-state index is 14.2. The predicted molar refractivity (Wildman–Crippen MR) is 292 cm³/mol. The van der Waals surface area contributed by atoms with Crippen molar-refractivity contribution in [3.05, 3.63) is 101 Å². The standard InChI is InChI=1S/C53H62FN13O18/c54-15-1-2-36-29-67(62-61-36)37-27-32(44(72)63-16-20-65(21-17-63)52(84)55-34-7-3-30(4-8-34)24-40(48(78)79)59-50(82)57-38(46(74)75)11-13-42(68)69)26-33(28-37)45(73)64-18-22-66(23-19-64)53(85)56-35-9-5-31(6-10-35)25-41(49(80)81)60-51(83)58-39(47(76)77)12-14-43(70)71/h3-10,26-29,38-41H,1-2,11-25H2,(H,55,84)(H,56,85)(H,68,69)(H,70,71)(H,74,75)(H,76,77)(H,78,79)(H,80,81)(H2,57,59,82)(H2,58,60,83)/t38-,39?,40-,41?/m0/s1. The molecule has 10 amide bonds. The SMILES string of the molecule is O=C(O)CCC(NC(=O)NC(Cc1ccc(NC(=O)N2CCN(C(=O)c3cc(C(=O)N4CCN(C(=O)Nc5ccc(C[C@H](NC(=O)N[C@@H](CCC(=O)O)C(=O)O)C(=O)O)cc5)CC4)cc(-n4cc(CCCF)nn4)c3)CC2)cc1)C(=O)O)C(=O)O. The van der Waals surface area contributed by atoms with Crippen molar-refractivity contribution in [1.82, 2.24) is 55.9 Å². The summed E-state index contributed by atoms with van der Waals surface area (Å²) in [7, 11) is 0. The molecule has 454 valence electrons. The van der Waals surface area contributed by atoms with Crippen molar-refractivity contribution in [2.45, 2.75) is 75.5 Å². The molecule has 3 heterocycles. The Morgan fingerprint density at radius 2 is 0.859 bits per heavy atom. The van der Waals surface area contributed by atoms with Crippen LogP contribution in [0.4, 0.5) is 34.9 Å². The molecule has 4 atom stereocenters. The monoisotopic (exact) mass is 1190 g/mol. The Kier molecular flexibility index (Phi) is 22.5. The number of aromatic nitrogens is 3. The number of benzene rings is 3. The quantitative estimate of drug-likeness (QED) is 0.0422. The van der Waals surface area contributed by atoms with Gasteiger partial charge in [0.05, 0.1) is 24.3 Å². The lowest BCUT2D eigenvalue weighted by Gasteiger charge is -2.35. The molecule has 2 aliphatic heterocycles. The van der Waals surface area contributed by atoms with E-state index in [4.69, 9.17) is 10.2 Å². The van der Waals surface area contributed by atoms with E-state index in [2.05, 4.69) is 42.2 Å². The fraction of sp³-hybridized carbons (Fsp3) is 0.396. The summed E-state index contributed by atoms with van der Waals surface area (Å²) in [5.74, 6) is -9.38. The van der Waals surface area contributed by atoms with Gasteiger partial charge in [-0.2, -0.15) is 0 Å². The number of nitrogens with one attached hydrogen (secondary N) is 6. The second-order valence-electron chi connectivity index (χ2n) is 19.6. The number of rotatable bonds is 26. The van der Waals surface area contributed by atoms with Crippen molar-refractivity contribution >= 4 is 83.1 Å². The molecular formula is C53H62FN13O18. The predicted octanol–water partition coefficient (Wildman–Crippen LogP) is 1.38. The largest absolute Gasteiger partial charge is 0.481 e. The van der Waals surface area contributed by atoms with Gasteiger partial charge in [-0.05, 0) is 79.3 Å². The van der Waals surface area contributed by atoms with Crippen LogP contribution in [0, 0.1) is 0 Å². The van der Waals surface area contributed by atoms with Crippen LogP contribution in [0.2, 0.25) is 0 Å². The number of halogens is 1. The lowest BCUT2D eigenvalue weighted by atomic mass is 10.1. The minimum absolute atomic E-state index is 0.0913. The van der Waals surface area contributed by atoms with E-state index in [0.717, 1.165) is 0 Å². The van der Waals surface area contributed by atoms with E-state index in [1.807, 2.05) is 0 Å². The molecule has 2 unspecified atom stereocenters. The van der Waals surface area contributed by atoms with Crippen molar-refractivity contribution in [2.24, 2.45) is 0 Å². The normalized spacial score (nSPS) is 14.6. The Morgan fingerprint density at radius 3 is 1.21 bits per heavy atom. The topological polar surface area (TPSA) is 442 Å². The van der Waals surface area contributed by atoms with E-state index < -0.39 is 128 Å². The number of hydrogen-bond donors (Lipinski definition) is 12. The highest BCUT2D eigenvalue weighted by atomic mass is 19.1. The van der Waals surface area contributed by atoms with Crippen LogP contribution in [0.5, 0.6) is 0 Å². The maximum Gasteiger partial charge on any atom is 0.326 e. The number of carboxylic acids is 6. The van der Waals surface area contributed by atoms with Crippen LogP contribution in [-0.2, 0) is 48.0 Å². The Balaban J connectivity index is 1.03. The van der Waals surface area contributed by atoms with Gasteiger partial charge in [0.2, 0.25) is 0 Å². The summed E-state index contributed by atoms with van der Waals surface area (Å²) in [6, 6.07) is 7.08. The van der Waals surface area contributed by atoms with Crippen LogP contribution < -0.4 is 31.9 Å². The van der Waals surface area contributed by atoms with Crippen LogP contribution in [0.25, 0.3) is 5.69 Å². The molecule has 85 heavy (non-hydrogen) atoms. The lowest BCUT2D eigenvalue weighted by molar-refractivity contribution is -0.142. The van der Waals surface area contributed by atoms with E-state index in [1.165, 1.54) is 91.0 Å². The van der Waals surface area contributed by atoms with Crippen molar-refractivity contribution < 1.29 is 92.6 Å². The highest BCUT2D eigenvalue weighted by molar-refractivity contribution is 6.01. The van der Waals surface area contributed by atoms with Crippen LogP contribution >= 0.6 is 0 Å². The molecule has 6 rings (SSSR count). The molecule has 2 saturated heterocycles. The number of anilines is 2. The Labute approximate surface area is 482 Å². The zero-order chi connectivity index (χ0) is 61.9. The van der Waals surface area contributed by atoms with Crippen molar-refractivity contribution in [3.63, 3.8) is 0 Å². The molecule has 0 saturated carbocycles. The number of alkyl halides is 1. The summed E-state index contributed by atoms with van der Waals surface area (Å²) in [5.41, 5.74) is 2.52. The number of carbonyl (C=O) groups is 12. The first-order valence-electron chi connectivity index (χ1n) is 26.5. The number of urea groups is 4. The smallest absolute Gasteiger partial charge is 0.326 e. The van der Waals surface area contributed by atoms with Gasteiger partial charge in [0.1, 0.15) is 24.2 Å². The first kappa shape index (κ1) is 63.7. The second-order valence-corrected chi connectivity index (χ2v) is 19.6. The zero-order valence-electron chi connectivity index (χ0n) is 45.3. The summed E-state index contributed by atoms with van der Waals surface area (Å²) in [4.78, 5) is 155. The van der Waals surface area contributed by atoms with Crippen LogP contribution in [-0.4, -0.2) is 220 Å². The molecule has 0 aliphatic carbocycles. The van der Waals surface area contributed by atoms with Crippen molar-refractivity contribution in [2.75, 3.05) is 69.7 Å². The number of amides is 10. The number of nitrogens with zero attached hydrogens (tertiary/aromatic N) is 7. The molecule has 3 aromatic carbocycles. The van der Waals surface area contributed by atoms with E-state index in [1.54, 1.807) is 6.20 Å². The summed E-state index contributed by atoms with van der Waals surface area (Å²) >= 11 is 0. The molecule has 32 heteroatoms. The number of piperazine rings is 2. The first-order chi connectivity index (χ1) is 40.5. The molecular weight excluding hydrogens is 1130 g/mol. The number of carboxylic acid groups (broad SMARTS) is 6. The fourth-order valence-electron chi connectivity index (χ4n) is 8.86. The molecule has 12 N–H and O–H groups in total. The number of aryl methyl sites for hydroxylation is 1. The molecule has 2 aliphatic rings. The van der Waals surface area contributed by atoms with Gasteiger partial charge >= 0.3 is 59.9 Å². The third kappa shape index (κ3) is 19.1. The van der Waals surface area contributed by atoms with Crippen LogP contribution in [0.3, 0.4) is 0 Å². The minimum Gasteiger partial charge on any atom is -0.481 e. The van der Waals surface area contributed by atoms with Gasteiger partial charge in [-0.15, -0.1) is 5.10 Å². The highest BCUT2D eigenvalue weighted by Crippen LogP contribution is 2.22. The van der Waals surface area contributed by atoms with Crippen molar-refractivity contribution in [3.8, 4) is 5.69 Å². The summed E-state index contributed by atoms with van der Waals surface area (Å²) < 4.78 is 14.4. The highest BCUT2D eigenvalue weighted by Gasteiger charge is 2.31. The number of hydrogen-bond acceptors (Lipinski definition) is 14. The van der Waals surface area contributed by atoms with Crippen LogP contribution in [0.15, 0.2) is 72.9 Å². The molecule has 4 aromatic rings. The van der Waals surface area contributed by atoms with Gasteiger partial charge in [0.15, 0.2) is 0 Å². The van der Waals surface area contributed by atoms with Crippen LogP contribution in [0.1, 0.15) is 69.6 Å². The Hall–Kier alpha value is -10.4. The van der Waals surface area contributed by atoms with E-state index in [-0.39, 0.29) is 89.2 Å². The Morgan fingerprint density at radius 1 is 0.494 bits per heavy atom. The number of aliphatic carboxylic acids is 6. The maximum atomic E-state index is 14.2.